The Morgan fingerprint density at radius 2 is 1.94 bits per heavy atom. The lowest BCUT2D eigenvalue weighted by Crippen LogP contribution is -2.37. The molecule has 168 valence electrons. The second kappa shape index (κ2) is 8.80. The lowest BCUT2D eigenvalue weighted by molar-refractivity contribution is 0.122. The number of halogens is 1. The maximum absolute atomic E-state index is 13.8. The molecule has 3 heterocycles. The van der Waals surface area contributed by atoms with Crippen molar-refractivity contribution in [2.75, 3.05) is 38.3 Å². The lowest BCUT2D eigenvalue weighted by atomic mass is 10.2. The van der Waals surface area contributed by atoms with E-state index in [-0.39, 0.29) is 5.28 Å². The van der Waals surface area contributed by atoms with Gasteiger partial charge in [0.1, 0.15) is 22.4 Å². The molecule has 1 atom stereocenters. The molecule has 8 nitrogen and oxygen atoms in total. The largest absolute Gasteiger partial charge is 0.497 e. The third kappa shape index (κ3) is 4.12. The van der Waals surface area contributed by atoms with Crippen molar-refractivity contribution in [3.63, 3.8) is 0 Å². The number of benzene rings is 1. The molecule has 1 saturated heterocycles. The Labute approximate surface area is 194 Å². The van der Waals surface area contributed by atoms with Crippen molar-refractivity contribution in [3.05, 3.63) is 59.3 Å². The van der Waals surface area contributed by atoms with Crippen molar-refractivity contribution in [2.24, 2.45) is 0 Å². The van der Waals surface area contributed by atoms with Crippen molar-refractivity contribution >= 4 is 28.2 Å². The van der Waals surface area contributed by atoms with Crippen LogP contribution < -0.4 is 9.64 Å². The molecule has 0 amide bonds. The number of aromatic nitrogens is 4. The Balaban J connectivity index is 1.41. The third-order valence-electron chi connectivity index (χ3n) is 5.90. The SMILES string of the molecule is COc1ccc(Cn2ccnc2S(=O)C2(c3cc(N4CCOCC4)nc(Cl)n3)CC2)cc1. The lowest BCUT2D eigenvalue weighted by Gasteiger charge is -2.28. The van der Waals surface area contributed by atoms with Crippen molar-refractivity contribution in [3.8, 4) is 5.75 Å². The smallest absolute Gasteiger partial charge is 0.224 e. The second-order valence-electron chi connectivity index (χ2n) is 7.93. The standard InChI is InChI=1S/C22H24ClN5O3S/c1-30-17-4-2-16(3-5-17)15-28-9-8-24-21(28)32(29)22(6-7-22)18-14-19(26-20(23)25-18)27-10-12-31-13-11-27/h2-5,8-9,14H,6-7,10-13,15H2,1H3. The summed E-state index contributed by atoms with van der Waals surface area (Å²) in [6, 6.07) is 9.76. The van der Waals surface area contributed by atoms with E-state index in [9.17, 15) is 4.21 Å². The van der Waals surface area contributed by atoms with E-state index >= 15 is 0 Å². The van der Waals surface area contributed by atoms with Crippen LogP contribution in [0.5, 0.6) is 5.75 Å². The quantitative estimate of drug-likeness (QED) is 0.488. The predicted molar refractivity (Wildman–Crippen MR) is 122 cm³/mol. The van der Waals surface area contributed by atoms with Crippen LogP contribution in [0.3, 0.4) is 0 Å². The molecule has 3 aromatic rings. The molecule has 0 spiro atoms. The number of ether oxygens (including phenoxy) is 2. The van der Waals surface area contributed by atoms with Crippen LogP contribution in [0.25, 0.3) is 0 Å². The Kier molecular flexibility index (Phi) is 5.88. The van der Waals surface area contributed by atoms with Gasteiger partial charge in [-0.1, -0.05) is 12.1 Å². The highest BCUT2D eigenvalue weighted by Gasteiger charge is 2.54. The molecule has 5 rings (SSSR count). The minimum absolute atomic E-state index is 0.175. The predicted octanol–water partition coefficient (Wildman–Crippen LogP) is 3.02. The molecule has 1 aliphatic heterocycles. The fraction of sp³-hybridized carbons (Fsp3) is 0.409. The number of hydrogen-bond acceptors (Lipinski definition) is 7. The van der Waals surface area contributed by atoms with E-state index in [1.807, 2.05) is 41.1 Å². The molecule has 10 heteroatoms. The van der Waals surface area contributed by atoms with Gasteiger partial charge in [-0.2, -0.15) is 0 Å². The van der Waals surface area contributed by atoms with Gasteiger partial charge < -0.3 is 18.9 Å². The summed E-state index contributed by atoms with van der Waals surface area (Å²) in [5, 5.41) is 0.717. The first-order valence-electron chi connectivity index (χ1n) is 10.5. The average molecular weight is 474 g/mol. The van der Waals surface area contributed by atoms with E-state index in [4.69, 9.17) is 21.1 Å². The van der Waals surface area contributed by atoms with Gasteiger partial charge in [0.15, 0.2) is 5.16 Å². The van der Waals surface area contributed by atoms with E-state index in [0.29, 0.717) is 24.9 Å². The fourth-order valence-electron chi connectivity index (χ4n) is 3.94. The van der Waals surface area contributed by atoms with Crippen LogP contribution in [0.4, 0.5) is 5.82 Å². The third-order valence-corrected chi connectivity index (χ3v) is 8.07. The maximum Gasteiger partial charge on any atom is 0.224 e. The number of rotatable bonds is 7. The number of methoxy groups -OCH3 is 1. The van der Waals surface area contributed by atoms with Gasteiger partial charge in [-0.3, -0.25) is 4.21 Å². The molecule has 2 aliphatic rings. The van der Waals surface area contributed by atoms with Crippen LogP contribution in [-0.4, -0.2) is 57.1 Å². The van der Waals surface area contributed by atoms with Crippen LogP contribution in [0.2, 0.25) is 5.28 Å². The zero-order valence-electron chi connectivity index (χ0n) is 17.7. The highest BCUT2D eigenvalue weighted by atomic mass is 35.5. The molecule has 1 aromatic carbocycles. The van der Waals surface area contributed by atoms with Gasteiger partial charge in [0.2, 0.25) is 5.28 Å². The molecule has 1 aliphatic carbocycles. The monoisotopic (exact) mass is 473 g/mol. The van der Waals surface area contributed by atoms with Gasteiger partial charge in [0.25, 0.3) is 0 Å². The number of morpholine rings is 1. The Morgan fingerprint density at radius 1 is 1.19 bits per heavy atom. The van der Waals surface area contributed by atoms with Crippen molar-refractivity contribution in [1.29, 1.82) is 0 Å². The summed E-state index contributed by atoms with van der Waals surface area (Å²) in [6.07, 6.45) is 5.09. The van der Waals surface area contributed by atoms with Crippen molar-refractivity contribution in [1.82, 2.24) is 19.5 Å². The normalized spacial score (nSPS) is 18.4. The molecular formula is C22H24ClN5O3S. The van der Waals surface area contributed by atoms with Crippen LogP contribution in [-0.2, 0) is 26.8 Å². The van der Waals surface area contributed by atoms with Gasteiger partial charge in [0.05, 0.1) is 30.8 Å². The van der Waals surface area contributed by atoms with Crippen LogP contribution in [0, 0.1) is 0 Å². The second-order valence-corrected chi connectivity index (χ2v) is 9.95. The van der Waals surface area contributed by atoms with Gasteiger partial charge in [-0.25, -0.2) is 15.0 Å². The molecule has 1 unspecified atom stereocenters. The average Bonchev–Trinajstić information content (AvgIpc) is 3.52. The van der Waals surface area contributed by atoms with E-state index in [1.165, 1.54) is 0 Å². The summed E-state index contributed by atoms with van der Waals surface area (Å²) in [6.45, 7) is 3.36. The minimum Gasteiger partial charge on any atom is -0.497 e. The molecule has 0 N–H and O–H groups in total. The van der Waals surface area contributed by atoms with Crippen LogP contribution in [0.1, 0.15) is 24.1 Å². The number of nitrogens with zero attached hydrogens (tertiary/aromatic N) is 5. The van der Waals surface area contributed by atoms with Crippen LogP contribution >= 0.6 is 11.6 Å². The van der Waals surface area contributed by atoms with E-state index < -0.39 is 15.5 Å². The first kappa shape index (κ1) is 21.4. The summed E-state index contributed by atoms with van der Waals surface area (Å²) < 4.78 is 25.8. The van der Waals surface area contributed by atoms with Gasteiger partial charge in [0, 0.05) is 38.1 Å². The zero-order chi connectivity index (χ0) is 22.1. The van der Waals surface area contributed by atoms with Gasteiger partial charge in [-0.15, -0.1) is 0 Å². The first-order chi connectivity index (χ1) is 15.6. The number of hydrogen-bond donors (Lipinski definition) is 0. The molecule has 1 saturated carbocycles. The zero-order valence-corrected chi connectivity index (χ0v) is 19.3. The molecule has 0 bridgehead atoms. The molecule has 2 fully saturated rings. The summed E-state index contributed by atoms with van der Waals surface area (Å²) in [4.78, 5) is 15.5. The Hall–Kier alpha value is -2.49. The van der Waals surface area contributed by atoms with E-state index in [0.717, 1.165) is 48.8 Å². The molecule has 2 aromatic heterocycles. The Bertz CT molecular complexity index is 1130. The number of imidazole rings is 1. The topological polar surface area (TPSA) is 82.4 Å². The summed E-state index contributed by atoms with van der Waals surface area (Å²) in [7, 11) is 0.264. The summed E-state index contributed by atoms with van der Waals surface area (Å²) >= 11 is 6.29. The maximum atomic E-state index is 13.8. The van der Waals surface area contributed by atoms with Crippen molar-refractivity contribution < 1.29 is 13.7 Å². The highest BCUT2D eigenvalue weighted by Crippen LogP contribution is 2.52. The molecular weight excluding hydrogens is 450 g/mol. The molecule has 0 radical (unpaired) electrons. The van der Waals surface area contributed by atoms with Crippen molar-refractivity contribution in [2.45, 2.75) is 29.3 Å². The first-order valence-corrected chi connectivity index (χ1v) is 12.1. The summed E-state index contributed by atoms with van der Waals surface area (Å²) in [5.74, 6) is 1.56. The van der Waals surface area contributed by atoms with Crippen LogP contribution in [0.15, 0.2) is 47.9 Å². The fourth-order valence-corrected chi connectivity index (χ4v) is 5.73. The molecule has 32 heavy (non-hydrogen) atoms. The van der Waals surface area contributed by atoms with Gasteiger partial charge in [-0.05, 0) is 42.1 Å². The minimum atomic E-state index is -1.38. The highest BCUT2D eigenvalue weighted by molar-refractivity contribution is 7.86. The van der Waals surface area contributed by atoms with Gasteiger partial charge >= 0.3 is 0 Å². The number of anilines is 1. The van der Waals surface area contributed by atoms with E-state index in [1.54, 1.807) is 13.3 Å². The Morgan fingerprint density at radius 3 is 2.62 bits per heavy atom. The summed E-state index contributed by atoms with van der Waals surface area (Å²) in [5.41, 5.74) is 1.79. The van der Waals surface area contributed by atoms with E-state index in [2.05, 4.69) is 19.9 Å².